The average molecular weight is 292 g/mol. The lowest BCUT2D eigenvalue weighted by molar-refractivity contribution is -0.131. The number of rotatable bonds is 7. The normalized spacial score (nSPS) is 10.4. The molecule has 1 aromatic rings. The molecule has 1 rings (SSSR count). The SMILES string of the molecule is COc1cccc(/C=C/C(=O)N(C)CC(=O)NCCO)c1. The number of nitrogens with zero attached hydrogens (tertiary/aromatic N) is 1. The first-order chi connectivity index (χ1) is 10.1. The summed E-state index contributed by atoms with van der Waals surface area (Å²) in [4.78, 5) is 24.6. The third-order valence-electron chi connectivity index (χ3n) is 2.70. The summed E-state index contributed by atoms with van der Waals surface area (Å²) in [5, 5.41) is 11.1. The molecule has 0 aliphatic rings. The molecule has 114 valence electrons. The molecule has 2 N–H and O–H groups in total. The van der Waals surface area contributed by atoms with Crippen molar-refractivity contribution >= 4 is 17.9 Å². The summed E-state index contributed by atoms with van der Waals surface area (Å²) < 4.78 is 5.10. The van der Waals surface area contributed by atoms with Gasteiger partial charge in [-0.15, -0.1) is 0 Å². The first-order valence-corrected chi connectivity index (χ1v) is 6.51. The summed E-state index contributed by atoms with van der Waals surface area (Å²) >= 11 is 0. The zero-order chi connectivity index (χ0) is 15.7. The van der Waals surface area contributed by atoms with Gasteiger partial charge in [0, 0.05) is 19.7 Å². The molecule has 0 aliphatic carbocycles. The van der Waals surface area contributed by atoms with Crippen molar-refractivity contribution in [1.82, 2.24) is 10.2 Å². The van der Waals surface area contributed by atoms with E-state index in [1.807, 2.05) is 18.2 Å². The van der Waals surface area contributed by atoms with Gasteiger partial charge in [0.2, 0.25) is 11.8 Å². The van der Waals surface area contributed by atoms with E-state index in [2.05, 4.69) is 5.32 Å². The zero-order valence-corrected chi connectivity index (χ0v) is 12.2. The Bertz CT molecular complexity index is 514. The minimum atomic E-state index is -0.310. The maximum absolute atomic E-state index is 11.9. The van der Waals surface area contributed by atoms with Crippen LogP contribution in [0.2, 0.25) is 0 Å². The highest BCUT2D eigenvalue weighted by Crippen LogP contribution is 2.13. The Balaban J connectivity index is 2.54. The van der Waals surface area contributed by atoms with Crippen LogP contribution in [0, 0.1) is 0 Å². The van der Waals surface area contributed by atoms with E-state index >= 15 is 0 Å². The predicted octanol–water partition coefficient (Wildman–Crippen LogP) is 0.275. The van der Waals surface area contributed by atoms with Gasteiger partial charge in [0.25, 0.3) is 0 Å². The molecule has 0 atom stereocenters. The molecule has 0 aliphatic heterocycles. The smallest absolute Gasteiger partial charge is 0.246 e. The summed E-state index contributed by atoms with van der Waals surface area (Å²) in [6.45, 7) is 0.000933. The van der Waals surface area contributed by atoms with Crippen molar-refractivity contribution in [2.45, 2.75) is 0 Å². The molecule has 0 saturated carbocycles. The van der Waals surface area contributed by atoms with Gasteiger partial charge in [-0.25, -0.2) is 0 Å². The maximum atomic E-state index is 11.9. The minimum Gasteiger partial charge on any atom is -0.497 e. The predicted molar refractivity (Wildman–Crippen MR) is 79.8 cm³/mol. The van der Waals surface area contributed by atoms with Crippen LogP contribution in [0.25, 0.3) is 6.08 Å². The van der Waals surface area contributed by atoms with Crippen molar-refractivity contribution in [3.05, 3.63) is 35.9 Å². The van der Waals surface area contributed by atoms with E-state index in [9.17, 15) is 9.59 Å². The monoisotopic (exact) mass is 292 g/mol. The topological polar surface area (TPSA) is 78.9 Å². The molecule has 0 radical (unpaired) electrons. The van der Waals surface area contributed by atoms with Crippen molar-refractivity contribution in [3.63, 3.8) is 0 Å². The number of nitrogens with one attached hydrogen (secondary N) is 1. The van der Waals surface area contributed by atoms with E-state index in [0.29, 0.717) is 5.75 Å². The zero-order valence-electron chi connectivity index (χ0n) is 12.2. The van der Waals surface area contributed by atoms with Gasteiger partial charge in [-0.2, -0.15) is 0 Å². The Morgan fingerprint density at radius 3 is 2.86 bits per heavy atom. The first kappa shape index (κ1) is 16.7. The number of ether oxygens (including phenoxy) is 1. The second kappa shape index (κ2) is 8.76. The number of hydrogen-bond donors (Lipinski definition) is 2. The molecule has 21 heavy (non-hydrogen) atoms. The molecule has 0 unspecified atom stereocenters. The third kappa shape index (κ3) is 6.09. The lowest BCUT2D eigenvalue weighted by atomic mass is 10.2. The van der Waals surface area contributed by atoms with E-state index < -0.39 is 0 Å². The van der Waals surface area contributed by atoms with Crippen molar-refractivity contribution in [1.29, 1.82) is 0 Å². The summed E-state index contributed by atoms with van der Waals surface area (Å²) in [5.74, 6) is 0.119. The largest absolute Gasteiger partial charge is 0.497 e. The number of methoxy groups -OCH3 is 1. The molecule has 0 saturated heterocycles. The van der Waals surface area contributed by atoms with Crippen LogP contribution in [0.3, 0.4) is 0 Å². The molecular weight excluding hydrogens is 272 g/mol. The molecule has 2 amide bonds. The number of hydrogen-bond acceptors (Lipinski definition) is 4. The van der Waals surface area contributed by atoms with E-state index in [1.165, 1.54) is 18.0 Å². The van der Waals surface area contributed by atoms with E-state index in [4.69, 9.17) is 9.84 Å². The summed E-state index contributed by atoms with van der Waals surface area (Å²) in [7, 11) is 3.11. The van der Waals surface area contributed by atoms with Crippen molar-refractivity contribution < 1.29 is 19.4 Å². The number of amides is 2. The van der Waals surface area contributed by atoms with Crippen LogP contribution in [0.15, 0.2) is 30.3 Å². The van der Waals surface area contributed by atoms with Crippen LogP contribution in [0.5, 0.6) is 5.75 Å². The van der Waals surface area contributed by atoms with Gasteiger partial charge in [-0.05, 0) is 23.8 Å². The van der Waals surface area contributed by atoms with Crippen LogP contribution in [0.1, 0.15) is 5.56 Å². The molecule has 6 nitrogen and oxygen atoms in total. The molecule has 6 heteroatoms. The highest BCUT2D eigenvalue weighted by atomic mass is 16.5. The average Bonchev–Trinajstić information content (AvgIpc) is 2.50. The van der Waals surface area contributed by atoms with Gasteiger partial charge < -0.3 is 20.1 Å². The number of likely N-dealkylation sites (N-methyl/N-ethyl adjacent to an activating group) is 1. The fourth-order valence-corrected chi connectivity index (χ4v) is 1.58. The molecule has 0 bridgehead atoms. The van der Waals surface area contributed by atoms with Crippen LogP contribution >= 0.6 is 0 Å². The van der Waals surface area contributed by atoms with Gasteiger partial charge in [-0.1, -0.05) is 12.1 Å². The van der Waals surface area contributed by atoms with E-state index in [1.54, 1.807) is 19.3 Å². The number of benzene rings is 1. The first-order valence-electron chi connectivity index (χ1n) is 6.51. The summed E-state index contributed by atoms with van der Waals surface area (Å²) in [6, 6.07) is 7.30. The minimum absolute atomic E-state index is 0.0543. The standard InChI is InChI=1S/C15H20N2O4/c1-17(11-14(19)16-8-9-18)15(20)7-6-12-4-3-5-13(10-12)21-2/h3-7,10,18H,8-9,11H2,1-2H3,(H,16,19)/b7-6+. The fraction of sp³-hybridized carbons (Fsp3) is 0.333. The number of aliphatic hydroxyl groups excluding tert-OH is 1. The molecule has 0 spiro atoms. The van der Waals surface area contributed by atoms with Gasteiger partial charge in [0.1, 0.15) is 5.75 Å². The van der Waals surface area contributed by atoms with Gasteiger partial charge in [0.05, 0.1) is 20.3 Å². The van der Waals surface area contributed by atoms with Gasteiger partial charge in [0.15, 0.2) is 0 Å². The van der Waals surface area contributed by atoms with Crippen molar-refractivity contribution in [3.8, 4) is 5.75 Å². The van der Waals surface area contributed by atoms with Gasteiger partial charge >= 0.3 is 0 Å². The highest BCUT2D eigenvalue weighted by molar-refractivity contribution is 5.94. The second-order valence-corrected chi connectivity index (χ2v) is 4.38. The lowest BCUT2D eigenvalue weighted by Gasteiger charge is -2.14. The number of carbonyl (C=O) groups is 2. The van der Waals surface area contributed by atoms with Crippen LogP contribution in [-0.4, -0.2) is 55.7 Å². The van der Waals surface area contributed by atoms with Gasteiger partial charge in [-0.3, -0.25) is 9.59 Å². The van der Waals surface area contributed by atoms with E-state index in [0.717, 1.165) is 5.56 Å². The second-order valence-electron chi connectivity index (χ2n) is 4.38. The Morgan fingerprint density at radius 1 is 1.43 bits per heavy atom. The maximum Gasteiger partial charge on any atom is 0.246 e. The summed E-state index contributed by atoms with van der Waals surface area (Å²) in [6.07, 6.45) is 3.06. The van der Waals surface area contributed by atoms with Crippen LogP contribution < -0.4 is 10.1 Å². The summed E-state index contributed by atoms with van der Waals surface area (Å²) in [5.41, 5.74) is 0.834. The Morgan fingerprint density at radius 2 is 2.19 bits per heavy atom. The van der Waals surface area contributed by atoms with E-state index in [-0.39, 0.29) is 31.5 Å². The molecular formula is C15H20N2O4. The lowest BCUT2D eigenvalue weighted by Crippen LogP contribution is -2.38. The van der Waals surface area contributed by atoms with Crippen molar-refractivity contribution in [2.24, 2.45) is 0 Å². The van der Waals surface area contributed by atoms with Crippen LogP contribution in [-0.2, 0) is 9.59 Å². The van der Waals surface area contributed by atoms with Crippen LogP contribution in [0.4, 0.5) is 0 Å². The van der Waals surface area contributed by atoms with Crippen molar-refractivity contribution in [2.75, 3.05) is 33.9 Å². The molecule has 1 aromatic carbocycles. The third-order valence-corrected chi connectivity index (χ3v) is 2.70. The Hall–Kier alpha value is -2.34. The number of carbonyl (C=O) groups excluding carboxylic acids is 2. The molecule has 0 heterocycles. The fourth-order valence-electron chi connectivity index (χ4n) is 1.58. The molecule has 0 fully saturated rings. The highest BCUT2D eigenvalue weighted by Gasteiger charge is 2.09. The molecule has 0 aromatic heterocycles. The Labute approximate surface area is 124 Å². The Kier molecular flexibility index (Phi) is 6.97. The number of aliphatic hydroxyl groups is 1. The quantitative estimate of drug-likeness (QED) is 0.707.